The minimum atomic E-state index is 0.798. The highest BCUT2D eigenvalue weighted by molar-refractivity contribution is 7.98. The number of rotatable bonds is 3. The Hall–Kier alpha value is -1.29. The van der Waals surface area contributed by atoms with Crippen molar-refractivity contribution >= 4 is 11.8 Å². The summed E-state index contributed by atoms with van der Waals surface area (Å²) in [6.07, 6.45) is 6.86. The molecule has 0 radical (unpaired) electrons. The SMILES string of the molecule is Cc1coc(CSc2cnccn2)c1. The highest BCUT2D eigenvalue weighted by Crippen LogP contribution is 2.20. The molecule has 0 saturated heterocycles. The third kappa shape index (κ3) is 2.35. The summed E-state index contributed by atoms with van der Waals surface area (Å²) in [7, 11) is 0. The van der Waals surface area contributed by atoms with Gasteiger partial charge in [0.1, 0.15) is 10.8 Å². The highest BCUT2D eigenvalue weighted by atomic mass is 32.2. The summed E-state index contributed by atoms with van der Waals surface area (Å²) in [4.78, 5) is 8.15. The third-order valence-corrected chi connectivity index (χ3v) is 2.62. The molecule has 72 valence electrons. The first kappa shape index (κ1) is 9.27. The van der Waals surface area contributed by atoms with Gasteiger partial charge in [0.05, 0.1) is 18.2 Å². The van der Waals surface area contributed by atoms with E-state index in [1.807, 2.05) is 13.0 Å². The van der Waals surface area contributed by atoms with Crippen molar-refractivity contribution in [2.45, 2.75) is 17.7 Å². The molecule has 0 bridgehead atoms. The lowest BCUT2D eigenvalue weighted by Crippen LogP contribution is -1.81. The molecule has 0 saturated carbocycles. The average molecular weight is 206 g/mol. The molecule has 0 fully saturated rings. The Kier molecular flexibility index (Phi) is 2.84. The standard InChI is InChI=1S/C10H10N2OS/c1-8-4-9(13-6-8)7-14-10-5-11-2-3-12-10/h2-6H,7H2,1H3. The van der Waals surface area contributed by atoms with Gasteiger partial charge >= 0.3 is 0 Å². The smallest absolute Gasteiger partial charge is 0.115 e. The Morgan fingerprint density at radius 1 is 1.43 bits per heavy atom. The molecule has 2 heterocycles. The van der Waals surface area contributed by atoms with Crippen LogP contribution in [-0.4, -0.2) is 9.97 Å². The van der Waals surface area contributed by atoms with Crippen LogP contribution in [0.25, 0.3) is 0 Å². The van der Waals surface area contributed by atoms with E-state index in [0.29, 0.717) is 0 Å². The van der Waals surface area contributed by atoms with Crippen LogP contribution in [-0.2, 0) is 5.75 Å². The summed E-state index contributed by atoms with van der Waals surface area (Å²) >= 11 is 1.62. The van der Waals surface area contributed by atoms with E-state index < -0.39 is 0 Å². The molecule has 0 atom stereocenters. The van der Waals surface area contributed by atoms with E-state index in [-0.39, 0.29) is 0 Å². The van der Waals surface area contributed by atoms with Crippen LogP contribution in [0, 0.1) is 6.92 Å². The number of hydrogen-bond acceptors (Lipinski definition) is 4. The van der Waals surface area contributed by atoms with Crippen LogP contribution in [0.5, 0.6) is 0 Å². The molecule has 4 heteroatoms. The number of aryl methyl sites for hydroxylation is 1. The van der Waals surface area contributed by atoms with Crippen LogP contribution in [0.15, 0.2) is 40.4 Å². The summed E-state index contributed by atoms with van der Waals surface area (Å²) in [5.74, 6) is 1.77. The number of nitrogens with zero attached hydrogens (tertiary/aromatic N) is 2. The van der Waals surface area contributed by atoms with Crippen LogP contribution in [0.1, 0.15) is 11.3 Å². The van der Waals surface area contributed by atoms with Gasteiger partial charge in [0, 0.05) is 12.4 Å². The van der Waals surface area contributed by atoms with Crippen molar-refractivity contribution in [1.29, 1.82) is 0 Å². The fourth-order valence-corrected chi connectivity index (χ4v) is 1.78. The van der Waals surface area contributed by atoms with Crippen molar-refractivity contribution in [2.75, 3.05) is 0 Å². The van der Waals surface area contributed by atoms with Crippen LogP contribution >= 0.6 is 11.8 Å². The van der Waals surface area contributed by atoms with Gasteiger partial charge in [-0.15, -0.1) is 0 Å². The van der Waals surface area contributed by atoms with Crippen LogP contribution < -0.4 is 0 Å². The molecule has 0 aliphatic heterocycles. The van der Waals surface area contributed by atoms with Gasteiger partial charge < -0.3 is 4.42 Å². The second-order valence-electron chi connectivity index (χ2n) is 2.92. The summed E-state index contributed by atoms with van der Waals surface area (Å²) in [5, 5.41) is 0.918. The summed E-state index contributed by atoms with van der Waals surface area (Å²) < 4.78 is 5.32. The number of aromatic nitrogens is 2. The molecule has 0 amide bonds. The Bertz CT molecular complexity index is 400. The minimum absolute atomic E-state index is 0.798. The van der Waals surface area contributed by atoms with Crippen molar-refractivity contribution in [2.24, 2.45) is 0 Å². The quantitative estimate of drug-likeness (QED) is 0.724. The van der Waals surface area contributed by atoms with Gasteiger partial charge in [0.2, 0.25) is 0 Å². The maximum atomic E-state index is 5.32. The van der Waals surface area contributed by atoms with E-state index in [1.165, 1.54) is 0 Å². The topological polar surface area (TPSA) is 38.9 Å². The number of furan rings is 1. The van der Waals surface area contributed by atoms with Crippen LogP contribution in [0.4, 0.5) is 0 Å². The lowest BCUT2D eigenvalue weighted by atomic mass is 10.4. The normalized spacial score (nSPS) is 10.4. The van der Waals surface area contributed by atoms with Gasteiger partial charge in [-0.3, -0.25) is 4.98 Å². The molecule has 0 aliphatic rings. The van der Waals surface area contributed by atoms with Crippen LogP contribution in [0.2, 0.25) is 0 Å². The maximum absolute atomic E-state index is 5.32. The number of hydrogen-bond donors (Lipinski definition) is 0. The summed E-state index contributed by atoms with van der Waals surface area (Å²) in [5.41, 5.74) is 1.15. The largest absolute Gasteiger partial charge is 0.468 e. The molecule has 2 rings (SSSR count). The Morgan fingerprint density at radius 3 is 3.00 bits per heavy atom. The summed E-state index contributed by atoms with van der Waals surface area (Å²) in [6.45, 7) is 2.01. The Morgan fingerprint density at radius 2 is 2.36 bits per heavy atom. The molecule has 3 nitrogen and oxygen atoms in total. The van der Waals surface area contributed by atoms with Gasteiger partial charge in [-0.05, 0) is 18.6 Å². The Balaban J connectivity index is 1.95. The monoisotopic (exact) mass is 206 g/mol. The fourth-order valence-electron chi connectivity index (χ4n) is 1.07. The molecule has 0 aliphatic carbocycles. The van der Waals surface area contributed by atoms with Crippen molar-refractivity contribution in [3.8, 4) is 0 Å². The molecule has 0 spiro atoms. The lowest BCUT2D eigenvalue weighted by molar-refractivity contribution is 0.529. The van der Waals surface area contributed by atoms with E-state index >= 15 is 0 Å². The van der Waals surface area contributed by atoms with Gasteiger partial charge in [0.25, 0.3) is 0 Å². The van der Waals surface area contributed by atoms with E-state index in [4.69, 9.17) is 4.42 Å². The molecule has 14 heavy (non-hydrogen) atoms. The first-order valence-electron chi connectivity index (χ1n) is 4.27. The summed E-state index contributed by atoms with van der Waals surface area (Å²) in [6, 6.07) is 2.03. The van der Waals surface area contributed by atoms with E-state index in [2.05, 4.69) is 9.97 Å². The minimum Gasteiger partial charge on any atom is -0.468 e. The predicted octanol–water partition coefficient (Wildman–Crippen LogP) is 2.67. The van der Waals surface area contributed by atoms with Gasteiger partial charge in [0.15, 0.2) is 0 Å². The van der Waals surface area contributed by atoms with E-state index in [1.54, 1.807) is 36.6 Å². The van der Waals surface area contributed by atoms with Crippen molar-refractivity contribution in [3.63, 3.8) is 0 Å². The molecular weight excluding hydrogens is 196 g/mol. The van der Waals surface area contributed by atoms with Crippen molar-refractivity contribution in [1.82, 2.24) is 9.97 Å². The number of thioether (sulfide) groups is 1. The zero-order valence-corrected chi connectivity index (χ0v) is 8.62. The Labute approximate surface area is 86.6 Å². The van der Waals surface area contributed by atoms with Gasteiger partial charge in [-0.1, -0.05) is 11.8 Å². The molecule has 0 N–H and O–H groups in total. The first-order valence-corrected chi connectivity index (χ1v) is 5.26. The molecule has 2 aromatic heterocycles. The zero-order valence-electron chi connectivity index (χ0n) is 7.80. The molecule has 2 aromatic rings. The van der Waals surface area contributed by atoms with Crippen molar-refractivity contribution < 1.29 is 4.42 Å². The average Bonchev–Trinajstić information content (AvgIpc) is 2.63. The second kappa shape index (κ2) is 4.28. The van der Waals surface area contributed by atoms with Crippen molar-refractivity contribution in [3.05, 3.63) is 42.2 Å². The lowest BCUT2D eigenvalue weighted by Gasteiger charge is -1.95. The van der Waals surface area contributed by atoms with Gasteiger partial charge in [-0.2, -0.15) is 0 Å². The van der Waals surface area contributed by atoms with Gasteiger partial charge in [-0.25, -0.2) is 4.98 Å². The fraction of sp³-hybridized carbons (Fsp3) is 0.200. The van der Waals surface area contributed by atoms with E-state index in [0.717, 1.165) is 22.1 Å². The third-order valence-electron chi connectivity index (χ3n) is 1.69. The zero-order chi connectivity index (χ0) is 9.80. The predicted molar refractivity (Wildman–Crippen MR) is 55.0 cm³/mol. The molecular formula is C10H10N2OS. The second-order valence-corrected chi connectivity index (χ2v) is 3.92. The highest BCUT2D eigenvalue weighted by Gasteiger charge is 2.00. The maximum Gasteiger partial charge on any atom is 0.115 e. The van der Waals surface area contributed by atoms with E-state index in [9.17, 15) is 0 Å². The molecule has 0 aromatic carbocycles. The van der Waals surface area contributed by atoms with Crippen LogP contribution in [0.3, 0.4) is 0 Å². The first-order chi connectivity index (χ1) is 6.84. The molecule has 0 unspecified atom stereocenters.